The molecular weight excluding hydrogens is 384 g/mol. The molecule has 1 aromatic rings. The molecule has 0 fully saturated rings. The maximum Gasteiger partial charge on any atom is 0.308 e. The quantitative estimate of drug-likeness (QED) is 0.155. The molecule has 0 heterocycles. The Morgan fingerprint density at radius 1 is 1.24 bits per heavy atom. The van der Waals surface area contributed by atoms with Gasteiger partial charge in [0.15, 0.2) is 0 Å². The van der Waals surface area contributed by atoms with Crippen molar-refractivity contribution in [2.24, 2.45) is 5.92 Å². The number of carboxylic acid groups (broad SMARTS) is 1. The van der Waals surface area contributed by atoms with Crippen LogP contribution in [0.5, 0.6) is 0 Å². The van der Waals surface area contributed by atoms with Gasteiger partial charge in [0, 0.05) is 24.3 Å². The summed E-state index contributed by atoms with van der Waals surface area (Å²) in [6, 6.07) is 4.40. The largest absolute Gasteiger partial charge is 0.481 e. The zero-order valence-electron chi connectivity index (χ0n) is 16.0. The zero-order chi connectivity index (χ0) is 21.6. The number of nitro benzene ring substituents is 1. The topological polar surface area (TPSA) is 137 Å². The zero-order valence-corrected chi connectivity index (χ0v) is 16.0. The molecule has 1 amide bonds. The Bertz CT molecular complexity index is 714. The van der Waals surface area contributed by atoms with Crippen molar-refractivity contribution in [2.75, 3.05) is 33.2 Å². The molecule has 10 nitrogen and oxygen atoms in total. The van der Waals surface area contributed by atoms with Crippen LogP contribution in [0.1, 0.15) is 23.7 Å². The first kappa shape index (κ1) is 24.0. The summed E-state index contributed by atoms with van der Waals surface area (Å²) in [6.45, 7) is 2.10. The number of ether oxygens (including phenoxy) is 3. The van der Waals surface area contributed by atoms with Gasteiger partial charge in [0.25, 0.3) is 11.6 Å². The van der Waals surface area contributed by atoms with E-state index in [0.29, 0.717) is 6.61 Å². The van der Waals surface area contributed by atoms with E-state index >= 15 is 0 Å². The van der Waals surface area contributed by atoms with E-state index in [1.807, 2.05) is 0 Å². The van der Waals surface area contributed by atoms with Gasteiger partial charge in [0.1, 0.15) is 13.4 Å². The number of nitrogens with one attached hydrogen (secondary N) is 1. The Balaban J connectivity index is 2.80. The van der Waals surface area contributed by atoms with Gasteiger partial charge in [-0.3, -0.25) is 19.7 Å². The smallest absolute Gasteiger partial charge is 0.308 e. The van der Waals surface area contributed by atoms with Crippen molar-refractivity contribution in [1.29, 1.82) is 0 Å². The van der Waals surface area contributed by atoms with Crippen LogP contribution in [0.4, 0.5) is 5.69 Å². The lowest BCUT2D eigenvalue weighted by atomic mass is 10.0. The van der Waals surface area contributed by atoms with E-state index in [1.165, 1.54) is 24.3 Å². The molecule has 0 aliphatic heterocycles. The molecule has 0 radical (unpaired) electrons. The first-order valence-corrected chi connectivity index (χ1v) is 8.83. The number of hydrogen-bond donors (Lipinski definition) is 2. The summed E-state index contributed by atoms with van der Waals surface area (Å²) in [4.78, 5) is 34.1. The highest BCUT2D eigenvalue weighted by Gasteiger charge is 2.25. The van der Waals surface area contributed by atoms with E-state index in [0.717, 1.165) is 0 Å². The average Bonchev–Trinajstić information content (AvgIpc) is 2.70. The van der Waals surface area contributed by atoms with Crippen LogP contribution in [0.3, 0.4) is 0 Å². The number of nitrogens with zero attached hydrogens (tertiary/aromatic N) is 1. The normalized spacial score (nSPS) is 12.6. The minimum atomic E-state index is -1.10. The summed E-state index contributed by atoms with van der Waals surface area (Å²) >= 11 is 0. The molecule has 2 atom stereocenters. The second kappa shape index (κ2) is 13.2. The summed E-state index contributed by atoms with van der Waals surface area (Å²) in [5, 5.41) is 22.8. The summed E-state index contributed by atoms with van der Waals surface area (Å²) in [5.41, 5.74) is 0.0515. The molecule has 0 aromatic heterocycles. The molecule has 1 aromatic carbocycles. The van der Waals surface area contributed by atoms with Gasteiger partial charge in [-0.2, -0.15) is 0 Å². The molecule has 0 spiro atoms. The van der Waals surface area contributed by atoms with E-state index in [9.17, 15) is 24.8 Å². The molecule has 0 aliphatic rings. The van der Waals surface area contributed by atoms with Crippen LogP contribution < -0.4 is 5.32 Å². The molecule has 0 saturated carbocycles. The van der Waals surface area contributed by atoms with Crippen LogP contribution in [0.2, 0.25) is 0 Å². The number of non-ortho nitro benzene ring substituents is 1. The molecular formula is C19H24N2O8. The van der Waals surface area contributed by atoms with Gasteiger partial charge in [-0.25, -0.2) is 0 Å². The fraction of sp³-hybridized carbons (Fsp3) is 0.474. The van der Waals surface area contributed by atoms with Crippen molar-refractivity contribution in [2.45, 2.75) is 19.4 Å². The predicted octanol–water partition coefficient (Wildman–Crippen LogP) is 1.44. The number of hydrogen-bond acceptors (Lipinski definition) is 7. The molecule has 0 aliphatic carbocycles. The number of carboxylic acids is 1. The number of terminal acetylenes is 1. The van der Waals surface area contributed by atoms with Crippen LogP contribution in [0.15, 0.2) is 24.3 Å². The van der Waals surface area contributed by atoms with Crippen LogP contribution in [0.25, 0.3) is 0 Å². The van der Waals surface area contributed by atoms with Gasteiger partial charge >= 0.3 is 5.97 Å². The van der Waals surface area contributed by atoms with E-state index in [2.05, 4.69) is 11.2 Å². The van der Waals surface area contributed by atoms with Crippen LogP contribution in [-0.2, 0) is 19.0 Å². The van der Waals surface area contributed by atoms with Crippen molar-refractivity contribution in [3.05, 3.63) is 39.9 Å². The third-order valence-corrected chi connectivity index (χ3v) is 3.79. The maximum absolute atomic E-state index is 12.5. The second-order valence-corrected chi connectivity index (χ2v) is 5.95. The van der Waals surface area contributed by atoms with Gasteiger partial charge < -0.3 is 24.6 Å². The molecule has 158 valence electrons. The van der Waals surface area contributed by atoms with Crippen molar-refractivity contribution in [1.82, 2.24) is 5.32 Å². The monoisotopic (exact) mass is 408 g/mol. The fourth-order valence-corrected chi connectivity index (χ4v) is 2.35. The lowest BCUT2D eigenvalue weighted by molar-refractivity contribution is -0.384. The Labute approximate surface area is 168 Å². The van der Waals surface area contributed by atoms with E-state index in [-0.39, 0.29) is 44.3 Å². The number of carbonyl (C=O) groups excluding carboxylic acids is 1. The Morgan fingerprint density at radius 3 is 2.48 bits per heavy atom. The predicted molar refractivity (Wildman–Crippen MR) is 102 cm³/mol. The van der Waals surface area contributed by atoms with Gasteiger partial charge in [-0.15, -0.1) is 6.42 Å². The molecule has 1 rings (SSSR count). The standard InChI is InChI=1S/C19H24N2O8/c1-3-9-28-11-15(19(23)24)10-16(12-29-13-27-4-2)20-18(22)14-5-7-17(8-6-14)21(25)26/h1,5-8,15-16H,4,9-13H2,2H3,(H,20,22)(H,23,24)/t15-,16+/m1/s1. The SMILES string of the molecule is C#CCOC[C@@H](C[C@@H](COCOCC)NC(=O)c1ccc([N+](=O)[O-])cc1)C(=O)O. The first-order valence-electron chi connectivity index (χ1n) is 8.83. The highest BCUT2D eigenvalue weighted by atomic mass is 16.7. The second-order valence-electron chi connectivity index (χ2n) is 5.95. The highest BCUT2D eigenvalue weighted by Crippen LogP contribution is 2.14. The minimum absolute atomic E-state index is 0.00820. The summed E-state index contributed by atoms with van der Waals surface area (Å²) in [5.74, 6) is -0.271. The molecule has 0 unspecified atom stereocenters. The first-order chi connectivity index (χ1) is 13.9. The van der Waals surface area contributed by atoms with Crippen molar-refractivity contribution >= 4 is 17.6 Å². The maximum atomic E-state index is 12.5. The number of aliphatic carboxylic acids is 1. The van der Waals surface area contributed by atoms with Crippen molar-refractivity contribution in [3.63, 3.8) is 0 Å². The third kappa shape index (κ3) is 9.16. The molecule has 2 N–H and O–H groups in total. The number of rotatable bonds is 14. The number of nitro groups is 1. The average molecular weight is 408 g/mol. The van der Waals surface area contributed by atoms with Crippen LogP contribution in [-0.4, -0.2) is 61.2 Å². The Kier molecular flexibility index (Phi) is 11.0. The van der Waals surface area contributed by atoms with Crippen LogP contribution >= 0.6 is 0 Å². The number of carbonyl (C=O) groups is 2. The lowest BCUT2D eigenvalue weighted by Gasteiger charge is -2.22. The van der Waals surface area contributed by atoms with Crippen molar-refractivity contribution in [3.8, 4) is 12.3 Å². The van der Waals surface area contributed by atoms with Crippen molar-refractivity contribution < 1.29 is 33.8 Å². The van der Waals surface area contributed by atoms with Gasteiger partial charge in [-0.1, -0.05) is 5.92 Å². The van der Waals surface area contributed by atoms with E-state index < -0.39 is 28.8 Å². The third-order valence-electron chi connectivity index (χ3n) is 3.79. The fourth-order valence-electron chi connectivity index (χ4n) is 2.35. The molecule has 10 heteroatoms. The molecule has 29 heavy (non-hydrogen) atoms. The summed E-state index contributed by atoms with van der Waals surface area (Å²) in [6.07, 6.45) is 5.12. The molecule has 0 bridgehead atoms. The van der Waals surface area contributed by atoms with Gasteiger partial charge in [0.05, 0.1) is 30.1 Å². The Hall–Kier alpha value is -3.00. The summed E-state index contributed by atoms with van der Waals surface area (Å²) < 4.78 is 15.5. The van der Waals surface area contributed by atoms with Gasteiger partial charge in [-0.05, 0) is 25.5 Å². The summed E-state index contributed by atoms with van der Waals surface area (Å²) in [7, 11) is 0. The van der Waals surface area contributed by atoms with E-state index in [4.69, 9.17) is 20.6 Å². The number of amides is 1. The molecule has 0 saturated heterocycles. The van der Waals surface area contributed by atoms with Crippen LogP contribution in [0, 0.1) is 28.4 Å². The Morgan fingerprint density at radius 2 is 1.93 bits per heavy atom. The minimum Gasteiger partial charge on any atom is -0.481 e. The lowest BCUT2D eigenvalue weighted by Crippen LogP contribution is -2.41. The van der Waals surface area contributed by atoms with Gasteiger partial charge in [0.2, 0.25) is 0 Å². The number of benzene rings is 1. The highest BCUT2D eigenvalue weighted by molar-refractivity contribution is 5.94. The van der Waals surface area contributed by atoms with E-state index in [1.54, 1.807) is 6.92 Å².